The quantitative estimate of drug-likeness (QED) is 0.873. The van der Waals surface area contributed by atoms with E-state index in [1.165, 1.54) is 12.1 Å². The van der Waals surface area contributed by atoms with E-state index in [1.807, 2.05) is 0 Å². The third kappa shape index (κ3) is 1.92. The first-order valence-electron chi connectivity index (χ1n) is 4.61. The summed E-state index contributed by atoms with van der Waals surface area (Å²) in [6.07, 6.45) is 1.13. The van der Waals surface area contributed by atoms with Crippen LogP contribution in [0.5, 0.6) is 0 Å². The number of aromatic nitrogens is 2. The van der Waals surface area contributed by atoms with E-state index in [-0.39, 0.29) is 4.90 Å². The Morgan fingerprint density at radius 2 is 1.82 bits per heavy atom. The minimum atomic E-state index is -3.95. The van der Waals surface area contributed by atoms with Gasteiger partial charge in [0.25, 0.3) is 10.0 Å². The van der Waals surface area contributed by atoms with Gasteiger partial charge in [-0.2, -0.15) is 13.5 Å². The van der Waals surface area contributed by atoms with Crippen molar-refractivity contribution in [2.75, 3.05) is 0 Å². The molecule has 88 valence electrons. The number of carboxylic acids is 1. The van der Waals surface area contributed by atoms with Crippen molar-refractivity contribution < 1.29 is 18.3 Å². The molecule has 2 aromatic rings. The summed E-state index contributed by atoms with van der Waals surface area (Å²) in [5.74, 6) is -1.35. The highest BCUT2D eigenvalue weighted by Gasteiger charge is 2.23. The summed E-state index contributed by atoms with van der Waals surface area (Å²) in [5, 5.41) is 12.4. The van der Waals surface area contributed by atoms with Gasteiger partial charge >= 0.3 is 5.97 Å². The summed E-state index contributed by atoms with van der Waals surface area (Å²) in [7, 11) is -3.95. The number of rotatable bonds is 3. The molecule has 0 aliphatic rings. The van der Waals surface area contributed by atoms with Crippen LogP contribution >= 0.6 is 0 Å². The third-order valence-corrected chi connectivity index (χ3v) is 3.71. The Bertz CT molecular complexity index is 646. The molecule has 0 saturated heterocycles. The fraction of sp³-hybridized carbons (Fsp3) is 0. The van der Waals surface area contributed by atoms with Gasteiger partial charge in [-0.25, -0.2) is 4.79 Å². The van der Waals surface area contributed by atoms with Crippen molar-refractivity contribution in [3.05, 3.63) is 48.3 Å². The van der Waals surface area contributed by atoms with Gasteiger partial charge in [0.1, 0.15) is 0 Å². The van der Waals surface area contributed by atoms with Crippen molar-refractivity contribution in [3.63, 3.8) is 0 Å². The maximum Gasteiger partial charge on any atom is 0.355 e. The molecule has 1 N–H and O–H groups in total. The van der Waals surface area contributed by atoms with Crippen LogP contribution in [0.1, 0.15) is 10.5 Å². The van der Waals surface area contributed by atoms with Gasteiger partial charge in [0.2, 0.25) is 0 Å². The van der Waals surface area contributed by atoms with Crippen LogP contribution in [-0.4, -0.2) is 28.7 Å². The van der Waals surface area contributed by atoms with E-state index in [4.69, 9.17) is 5.11 Å². The second-order valence-corrected chi connectivity index (χ2v) is 4.95. The molecule has 7 heteroatoms. The Kier molecular flexibility index (Phi) is 2.68. The molecule has 0 fully saturated rings. The van der Waals surface area contributed by atoms with Crippen LogP contribution < -0.4 is 0 Å². The highest BCUT2D eigenvalue weighted by Crippen LogP contribution is 2.14. The number of nitrogens with zero attached hydrogens (tertiary/aromatic N) is 2. The summed E-state index contributed by atoms with van der Waals surface area (Å²) in [6, 6.07) is 8.65. The van der Waals surface area contributed by atoms with E-state index in [2.05, 4.69) is 5.10 Å². The molecular formula is C10H8N2O4S. The highest BCUT2D eigenvalue weighted by atomic mass is 32.2. The second kappa shape index (κ2) is 4.02. The topological polar surface area (TPSA) is 89.3 Å². The number of hydrogen-bond acceptors (Lipinski definition) is 4. The molecule has 0 aliphatic heterocycles. The fourth-order valence-electron chi connectivity index (χ4n) is 1.33. The largest absolute Gasteiger partial charge is 0.476 e. The standard InChI is InChI=1S/C10H8N2O4S/c13-10(14)9-6-7-11-12(9)17(15,16)8-4-2-1-3-5-8/h1-7H,(H,13,14). The van der Waals surface area contributed by atoms with Crippen LogP contribution in [0.25, 0.3) is 0 Å². The molecule has 1 aromatic carbocycles. The molecule has 0 saturated carbocycles. The van der Waals surface area contributed by atoms with Gasteiger partial charge in [-0.05, 0) is 18.2 Å². The molecule has 0 bridgehead atoms. The lowest BCUT2D eigenvalue weighted by Crippen LogP contribution is -2.19. The summed E-state index contributed by atoms with van der Waals surface area (Å²) in [6.45, 7) is 0. The zero-order chi connectivity index (χ0) is 12.5. The second-order valence-electron chi connectivity index (χ2n) is 3.18. The summed E-state index contributed by atoms with van der Waals surface area (Å²) in [5.41, 5.74) is -0.395. The lowest BCUT2D eigenvalue weighted by molar-refractivity contribution is 0.0688. The van der Waals surface area contributed by atoms with Gasteiger partial charge in [-0.1, -0.05) is 18.2 Å². The molecular weight excluding hydrogens is 244 g/mol. The normalized spacial score (nSPS) is 11.3. The summed E-state index contributed by atoms with van der Waals surface area (Å²) >= 11 is 0. The van der Waals surface area contributed by atoms with E-state index in [1.54, 1.807) is 18.2 Å². The molecule has 0 radical (unpaired) electrons. The summed E-state index contributed by atoms with van der Waals surface area (Å²) < 4.78 is 24.6. The van der Waals surface area contributed by atoms with E-state index >= 15 is 0 Å². The minimum absolute atomic E-state index is 0.00815. The van der Waals surface area contributed by atoms with E-state index in [9.17, 15) is 13.2 Å². The van der Waals surface area contributed by atoms with Gasteiger partial charge in [-0.15, -0.1) is 4.09 Å². The number of aromatic carboxylic acids is 1. The Labute approximate surface area is 97.2 Å². The average molecular weight is 252 g/mol. The molecule has 1 aromatic heterocycles. The molecule has 6 nitrogen and oxygen atoms in total. The van der Waals surface area contributed by atoms with E-state index in [0.29, 0.717) is 4.09 Å². The number of hydrogen-bond donors (Lipinski definition) is 1. The Morgan fingerprint density at radius 3 is 2.41 bits per heavy atom. The number of carboxylic acid groups (broad SMARTS) is 1. The van der Waals surface area contributed by atoms with Crippen molar-refractivity contribution in [1.82, 2.24) is 9.19 Å². The molecule has 0 spiro atoms. The van der Waals surface area contributed by atoms with E-state index in [0.717, 1.165) is 12.3 Å². The Balaban J connectivity index is 2.61. The van der Waals surface area contributed by atoms with Crippen molar-refractivity contribution in [2.45, 2.75) is 4.90 Å². The molecule has 17 heavy (non-hydrogen) atoms. The van der Waals surface area contributed by atoms with Gasteiger partial charge in [0.15, 0.2) is 5.69 Å². The SMILES string of the molecule is O=C(O)c1ccnn1S(=O)(=O)c1ccccc1. The molecule has 0 amide bonds. The first kappa shape index (κ1) is 11.3. The first-order valence-corrected chi connectivity index (χ1v) is 6.05. The zero-order valence-corrected chi connectivity index (χ0v) is 9.33. The maximum absolute atomic E-state index is 12.1. The first-order chi connectivity index (χ1) is 8.03. The van der Waals surface area contributed by atoms with Crippen LogP contribution in [-0.2, 0) is 10.0 Å². The molecule has 1 heterocycles. The highest BCUT2D eigenvalue weighted by molar-refractivity contribution is 7.89. The van der Waals surface area contributed by atoms with Crippen molar-refractivity contribution in [1.29, 1.82) is 0 Å². The van der Waals surface area contributed by atoms with Crippen LogP contribution in [0.3, 0.4) is 0 Å². The van der Waals surface area contributed by atoms with Gasteiger partial charge in [0, 0.05) is 0 Å². The molecule has 0 atom stereocenters. The monoisotopic (exact) mass is 252 g/mol. The molecule has 2 rings (SSSR count). The van der Waals surface area contributed by atoms with Crippen molar-refractivity contribution in [3.8, 4) is 0 Å². The van der Waals surface area contributed by atoms with Crippen molar-refractivity contribution >= 4 is 16.0 Å². The van der Waals surface area contributed by atoms with Gasteiger partial charge < -0.3 is 5.11 Å². The predicted octanol–water partition coefficient (Wildman–Crippen LogP) is 0.818. The molecule has 0 aliphatic carbocycles. The Morgan fingerprint density at radius 1 is 1.18 bits per heavy atom. The Hall–Kier alpha value is -2.15. The zero-order valence-electron chi connectivity index (χ0n) is 8.52. The van der Waals surface area contributed by atoms with Gasteiger partial charge in [-0.3, -0.25) is 0 Å². The van der Waals surface area contributed by atoms with Crippen LogP contribution in [0.4, 0.5) is 0 Å². The molecule has 0 unspecified atom stereocenters. The smallest absolute Gasteiger partial charge is 0.355 e. The van der Waals surface area contributed by atoms with Crippen LogP contribution in [0.2, 0.25) is 0 Å². The minimum Gasteiger partial charge on any atom is -0.476 e. The number of benzene rings is 1. The number of carbonyl (C=O) groups is 1. The van der Waals surface area contributed by atoms with Crippen LogP contribution in [0.15, 0.2) is 47.5 Å². The van der Waals surface area contributed by atoms with Crippen molar-refractivity contribution in [2.24, 2.45) is 0 Å². The lowest BCUT2D eigenvalue weighted by Gasteiger charge is -2.05. The van der Waals surface area contributed by atoms with Gasteiger partial charge in [0.05, 0.1) is 11.1 Å². The summed E-state index contributed by atoms with van der Waals surface area (Å²) in [4.78, 5) is 10.8. The lowest BCUT2D eigenvalue weighted by atomic mass is 10.4. The predicted molar refractivity (Wildman–Crippen MR) is 58.2 cm³/mol. The van der Waals surface area contributed by atoms with E-state index < -0.39 is 21.7 Å². The maximum atomic E-state index is 12.1. The third-order valence-electron chi connectivity index (χ3n) is 2.10. The van der Waals surface area contributed by atoms with Crippen LogP contribution in [0, 0.1) is 0 Å². The average Bonchev–Trinajstić information content (AvgIpc) is 2.80. The fourth-order valence-corrected chi connectivity index (χ4v) is 2.60.